The van der Waals surface area contributed by atoms with Gasteiger partial charge in [-0.3, -0.25) is 4.79 Å². The summed E-state index contributed by atoms with van der Waals surface area (Å²) >= 11 is 0. The van der Waals surface area contributed by atoms with E-state index in [1.807, 2.05) is 11.8 Å². The van der Waals surface area contributed by atoms with Crippen LogP contribution in [0.15, 0.2) is 58.2 Å². The van der Waals surface area contributed by atoms with Crippen LogP contribution in [0.5, 0.6) is 0 Å². The SMILES string of the molecule is CC(C)=CCCC(C)=CCCC(C)=CCCC(C)=CCCC(C)=CC(=O)N1CCCCC1CO. The average Bonchev–Trinajstić information content (AvgIpc) is 2.78. The fourth-order valence-electron chi connectivity index (χ4n) is 4.38. The number of piperidine rings is 1. The van der Waals surface area contributed by atoms with Crippen molar-refractivity contribution in [1.82, 2.24) is 4.90 Å². The number of hydrogen-bond acceptors (Lipinski definition) is 2. The molecule has 0 aromatic rings. The van der Waals surface area contributed by atoms with E-state index < -0.39 is 0 Å². The van der Waals surface area contributed by atoms with Gasteiger partial charge in [-0.25, -0.2) is 0 Å². The Bertz CT molecular complexity index is 762. The van der Waals surface area contributed by atoms with Crippen LogP contribution in [-0.4, -0.2) is 35.1 Å². The van der Waals surface area contributed by atoms with Crippen molar-refractivity contribution >= 4 is 5.91 Å². The Morgan fingerprint density at radius 3 is 1.68 bits per heavy atom. The first-order chi connectivity index (χ1) is 16.2. The zero-order chi connectivity index (χ0) is 25.3. The zero-order valence-corrected chi connectivity index (χ0v) is 23.0. The van der Waals surface area contributed by atoms with E-state index in [2.05, 4.69) is 58.9 Å². The lowest BCUT2D eigenvalue weighted by molar-refractivity contribution is -0.130. The molecule has 0 spiro atoms. The second-order valence-electron chi connectivity index (χ2n) is 10.4. The summed E-state index contributed by atoms with van der Waals surface area (Å²) in [7, 11) is 0. The highest BCUT2D eigenvalue weighted by atomic mass is 16.3. The van der Waals surface area contributed by atoms with Gasteiger partial charge in [0.15, 0.2) is 0 Å². The molecule has 0 aromatic carbocycles. The Kier molecular flexibility index (Phi) is 15.6. The largest absolute Gasteiger partial charge is 0.394 e. The van der Waals surface area contributed by atoms with E-state index in [4.69, 9.17) is 0 Å². The molecule has 0 aromatic heterocycles. The van der Waals surface area contributed by atoms with Crippen molar-refractivity contribution in [2.45, 2.75) is 118 Å². The Morgan fingerprint density at radius 2 is 1.21 bits per heavy atom. The summed E-state index contributed by atoms with van der Waals surface area (Å²) in [6, 6.07) is -0.00320. The number of carbonyl (C=O) groups is 1. The van der Waals surface area contributed by atoms with Crippen molar-refractivity contribution in [1.29, 1.82) is 0 Å². The fraction of sp³-hybridized carbons (Fsp3) is 0.645. The standard InChI is InChI=1S/C31H51NO2/c1-25(2)13-9-14-26(3)15-10-16-27(4)17-11-18-28(5)19-12-20-29(6)23-31(34)32-22-8-7-21-30(32)24-33/h13,15,17,19,23,30,33H,7-12,14,16,18,20-22,24H2,1-6H3. The molecule has 0 saturated carbocycles. The fourth-order valence-corrected chi connectivity index (χ4v) is 4.38. The molecule has 3 heteroatoms. The minimum absolute atomic E-state index is 0.00320. The van der Waals surface area contributed by atoms with Gasteiger partial charge >= 0.3 is 0 Å². The first-order valence-electron chi connectivity index (χ1n) is 13.4. The number of amides is 1. The summed E-state index contributed by atoms with van der Waals surface area (Å²) in [6.07, 6.45) is 23.0. The second-order valence-corrected chi connectivity index (χ2v) is 10.4. The third-order valence-corrected chi connectivity index (χ3v) is 6.68. The number of aliphatic hydroxyl groups is 1. The molecule has 1 fully saturated rings. The van der Waals surface area contributed by atoms with E-state index in [1.165, 1.54) is 28.7 Å². The molecule has 1 N–H and O–H groups in total. The predicted molar refractivity (Wildman–Crippen MR) is 148 cm³/mol. The monoisotopic (exact) mass is 469 g/mol. The quantitative estimate of drug-likeness (QED) is 0.205. The van der Waals surface area contributed by atoms with Gasteiger partial charge in [0.25, 0.3) is 0 Å². The van der Waals surface area contributed by atoms with Crippen molar-refractivity contribution in [3.63, 3.8) is 0 Å². The minimum Gasteiger partial charge on any atom is -0.394 e. The van der Waals surface area contributed by atoms with Crippen LogP contribution in [0.25, 0.3) is 0 Å². The maximum Gasteiger partial charge on any atom is 0.246 e. The van der Waals surface area contributed by atoms with Gasteiger partial charge < -0.3 is 10.0 Å². The lowest BCUT2D eigenvalue weighted by Crippen LogP contribution is -2.45. The molecule has 1 rings (SSSR count). The zero-order valence-electron chi connectivity index (χ0n) is 23.0. The molecule has 1 heterocycles. The Morgan fingerprint density at radius 1 is 0.735 bits per heavy atom. The van der Waals surface area contributed by atoms with Crippen LogP contribution >= 0.6 is 0 Å². The van der Waals surface area contributed by atoms with E-state index in [0.717, 1.165) is 76.3 Å². The first kappa shape index (κ1) is 30.2. The van der Waals surface area contributed by atoms with Crippen molar-refractivity contribution in [3.8, 4) is 0 Å². The van der Waals surface area contributed by atoms with Crippen molar-refractivity contribution in [2.24, 2.45) is 0 Å². The van der Waals surface area contributed by atoms with Crippen LogP contribution in [0, 0.1) is 0 Å². The highest BCUT2D eigenvalue weighted by Crippen LogP contribution is 2.19. The molecule has 1 atom stereocenters. The molecule has 1 saturated heterocycles. The van der Waals surface area contributed by atoms with Crippen LogP contribution in [0.2, 0.25) is 0 Å². The van der Waals surface area contributed by atoms with Gasteiger partial charge in [0.05, 0.1) is 12.6 Å². The summed E-state index contributed by atoms with van der Waals surface area (Å²) in [6.45, 7) is 13.9. The summed E-state index contributed by atoms with van der Waals surface area (Å²) < 4.78 is 0. The molecule has 34 heavy (non-hydrogen) atoms. The van der Waals surface area contributed by atoms with Gasteiger partial charge in [0, 0.05) is 12.6 Å². The molecular weight excluding hydrogens is 418 g/mol. The van der Waals surface area contributed by atoms with Crippen LogP contribution in [0.1, 0.15) is 112 Å². The third-order valence-electron chi connectivity index (χ3n) is 6.68. The molecule has 1 aliphatic rings. The highest BCUT2D eigenvalue weighted by Gasteiger charge is 2.24. The van der Waals surface area contributed by atoms with E-state index in [-0.39, 0.29) is 18.6 Å². The second kappa shape index (κ2) is 17.5. The number of nitrogens with zero attached hydrogens (tertiary/aromatic N) is 1. The van der Waals surface area contributed by atoms with Crippen LogP contribution in [-0.2, 0) is 4.79 Å². The molecule has 192 valence electrons. The molecule has 3 nitrogen and oxygen atoms in total. The van der Waals surface area contributed by atoms with Crippen molar-refractivity contribution in [2.75, 3.05) is 13.2 Å². The van der Waals surface area contributed by atoms with E-state index >= 15 is 0 Å². The van der Waals surface area contributed by atoms with E-state index in [0.29, 0.717) is 0 Å². The van der Waals surface area contributed by atoms with Gasteiger partial charge in [0.2, 0.25) is 5.91 Å². The third kappa shape index (κ3) is 13.7. The Hall–Kier alpha value is -1.87. The van der Waals surface area contributed by atoms with Gasteiger partial charge in [0.1, 0.15) is 0 Å². The van der Waals surface area contributed by atoms with Crippen molar-refractivity contribution < 1.29 is 9.90 Å². The summed E-state index contributed by atoms with van der Waals surface area (Å²) in [5.41, 5.74) is 6.94. The number of carbonyl (C=O) groups excluding carboxylic acids is 1. The lowest BCUT2D eigenvalue weighted by Gasteiger charge is -2.34. The predicted octanol–water partition coefficient (Wildman–Crippen LogP) is 8.23. The molecule has 0 bridgehead atoms. The Balaban J connectivity index is 2.32. The number of rotatable bonds is 14. The smallest absolute Gasteiger partial charge is 0.246 e. The van der Waals surface area contributed by atoms with Crippen LogP contribution < -0.4 is 0 Å². The molecule has 0 radical (unpaired) electrons. The summed E-state index contributed by atoms with van der Waals surface area (Å²) in [5, 5.41) is 9.53. The number of aliphatic hydroxyl groups excluding tert-OH is 1. The summed E-state index contributed by atoms with van der Waals surface area (Å²) in [4.78, 5) is 14.4. The minimum atomic E-state index is -0.00320. The molecule has 1 aliphatic heterocycles. The molecule has 1 amide bonds. The van der Waals surface area contributed by atoms with Crippen LogP contribution in [0.4, 0.5) is 0 Å². The first-order valence-corrected chi connectivity index (χ1v) is 13.4. The molecule has 1 unspecified atom stereocenters. The van der Waals surface area contributed by atoms with Gasteiger partial charge in [-0.15, -0.1) is 0 Å². The topological polar surface area (TPSA) is 40.5 Å². The number of hydrogen-bond donors (Lipinski definition) is 1. The maximum absolute atomic E-state index is 12.6. The number of likely N-dealkylation sites (tertiary alicyclic amines) is 1. The van der Waals surface area contributed by atoms with Gasteiger partial charge in [-0.05, 0) is 112 Å². The average molecular weight is 470 g/mol. The molecular formula is C31H51NO2. The van der Waals surface area contributed by atoms with Crippen molar-refractivity contribution in [3.05, 3.63) is 58.2 Å². The van der Waals surface area contributed by atoms with Gasteiger partial charge in [-0.2, -0.15) is 0 Å². The maximum atomic E-state index is 12.6. The Labute approximate surface area is 210 Å². The number of allylic oxidation sites excluding steroid dienone is 9. The van der Waals surface area contributed by atoms with E-state index in [9.17, 15) is 9.90 Å². The van der Waals surface area contributed by atoms with Crippen LogP contribution in [0.3, 0.4) is 0 Å². The van der Waals surface area contributed by atoms with E-state index in [1.54, 1.807) is 6.08 Å². The normalized spacial score (nSPS) is 18.3. The highest BCUT2D eigenvalue weighted by molar-refractivity contribution is 5.88. The van der Waals surface area contributed by atoms with Gasteiger partial charge in [-0.1, -0.05) is 52.2 Å². The lowest BCUT2D eigenvalue weighted by atomic mass is 10.0. The molecule has 0 aliphatic carbocycles. The summed E-state index contributed by atoms with van der Waals surface area (Å²) in [5.74, 6) is 0.0653.